The fourth-order valence-corrected chi connectivity index (χ4v) is 4.18. The Kier molecular flexibility index (Phi) is 8.65. The first kappa shape index (κ1) is 25.2. The van der Waals surface area contributed by atoms with E-state index in [1.807, 2.05) is 80.8 Å². The summed E-state index contributed by atoms with van der Waals surface area (Å²) in [5.74, 6) is 0.605. The Labute approximate surface area is 205 Å². The average molecular weight is 478 g/mol. The largest absolute Gasteiger partial charge is 0.342 e. The maximum Gasteiger partial charge on any atom is 0.251 e. The number of nitrogens with one attached hydrogen (secondary N) is 2. The van der Waals surface area contributed by atoms with Crippen molar-refractivity contribution in [1.82, 2.24) is 20.1 Å². The Morgan fingerprint density at radius 1 is 1.09 bits per heavy atom. The Balaban J connectivity index is 1.75. The molecule has 7 nitrogen and oxygen atoms in total. The van der Waals surface area contributed by atoms with Gasteiger partial charge in [-0.05, 0) is 43.5 Å². The molecule has 0 saturated carbocycles. The lowest BCUT2D eigenvalue weighted by Gasteiger charge is -2.22. The van der Waals surface area contributed by atoms with E-state index in [1.54, 1.807) is 6.08 Å². The van der Waals surface area contributed by atoms with Crippen molar-refractivity contribution in [2.75, 3.05) is 11.1 Å². The van der Waals surface area contributed by atoms with Crippen LogP contribution < -0.4 is 10.6 Å². The zero-order valence-electron chi connectivity index (χ0n) is 20.0. The SMILES string of the molecule is C=CCn1c(SCC(=O)Nc2ccccc2C)nnc1[C@@H](NC(=O)c1ccc(C)cc1)C(C)C. The van der Waals surface area contributed by atoms with Crippen LogP contribution in [0.5, 0.6) is 0 Å². The molecule has 0 aliphatic carbocycles. The molecule has 0 spiro atoms. The molecule has 0 radical (unpaired) electrons. The normalized spacial score (nSPS) is 11.8. The number of benzene rings is 2. The third-order valence-electron chi connectivity index (χ3n) is 5.35. The van der Waals surface area contributed by atoms with Gasteiger partial charge in [0.2, 0.25) is 5.91 Å². The highest BCUT2D eigenvalue weighted by atomic mass is 32.2. The quantitative estimate of drug-likeness (QED) is 0.319. The molecule has 8 heteroatoms. The van der Waals surface area contributed by atoms with Gasteiger partial charge in [0, 0.05) is 17.8 Å². The second-order valence-corrected chi connectivity index (χ2v) is 9.40. The van der Waals surface area contributed by atoms with E-state index in [4.69, 9.17) is 0 Å². The summed E-state index contributed by atoms with van der Waals surface area (Å²) in [5.41, 5.74) is 3.48. The first-order valence-electron chi connectivity index (χ1n) is 11.2. The lowest BCUT2D eigenvalue weighted by Crippen LogP contribution is -2.33. The summed E-state index contributed by atoms with van der Waals surface area (Å²) in [7, 11) is 0. The van der Waals surface area contributed by atoms with Crippen molar-refractivity contribution in [3.05, 3.63) is 83.7 Å². The molecule has 178 valence electrons. The van der Waals surface area contributed by atoms with Crippen molar-refractivity contribution in [2.24, 2.45) is 5.92 Å². The van der Waals surface area contributed by atoms with Crippen LogP contribution in [0.1, 0.15) is 47.2 Å². The van der Waals surface area contributed by atoms with E-state index in [9.17, 15) is 9.59 Å². The summed E-state index contributed by atoms with van der Waals surface area (Å²) in [4.78, 5) is 25.4. The monoisotopic (exact) mass is 477 g/mol. The zero-order chi connectivity index (χ0) is 24.7. The molecule has 0 aliphatic rings. The molecular weight excluding hydrogens is 446 g/mol. The van der Waals surface area contributed by atoms with E-state index < -0.39 is 0 Å². The van der Waals surface area contributed by atoms with Crippen molar-refractivity contribution >= 4 is 29.3 Å². The molecule has 3 aromatic rings. The molecular formula is C26H31N5O2S. The van der Waals surface area contributed by atoms with Gasteiger partial charge in [-0.1, -0.05) is 67.6 Å². The smallest absolute Gasteiger partial charge is 0.251 e. The second kappa shape index (κ2) is 11.7. The predicted molar refractivity (Wildman–Crippen MR) is 137 cm³/mol. The van der Waals surface area contributed by atoms with Gasteiger partial charge >= 0.3 is 0 Å². The molecule has 1 heterocycles. The summed E-state index contributed by atoms with van der Waals surface area (Å²) >= 11 is 1.30. The van der Waals surface area contributed by atoms with Gasteiger partial charge < -0.3 is 15.2 Å². The molecule has 2 amide bonds. The van der Waals surface area contributed by atoms with Crippen LogP contribution in [0.2, 0.25) is 0 Å². The Morgan fingerprint density at radius 3 is 2.44 bits per heavy atom. The van der Waals surface area contributed by atoms with Crippen LogP contribution in [0, 0.1) is 19.8 Å². The Bertz CT molecular complexity index is 1150. The van der Waals surface area contributed by atoms with Gasteiger partial charge in [0.1, 0.15) is 0 Å². The van der Waals surface area contributed by atoms with Gasteiger partial charge in [0.05, 0.1) is 11.8 Å². The number of nitrogens with zero attached hydrogens (tertiary/aromatic N) is 3. The summed E-state index contributed by atoms with van der Waals surface area (Å²) < 4.78 is 1.90. The van der Waals surface area contributed by atoms with E-state index in [0.29, 0.717) is 23.1 Å². The van der Waals surface area contributed by atoms with E-state index in [0.717, 1.165) is 16.8 Å². The van der Waals surface area contributed by atoms with Crippen molar-refractivity contribution in [2.45, 2.75) is 45.4 Å². The van der Waals surface area contributed by atoms with Gasteiger partial charge in [-0.3, -0.25) is 9.59 Å². The van der Waals surface area contributed by atoms with E-state index in [1.165, 1.54) is 11.8 Å². The summed E-state index contributed by atoms with van der Waals surface area (Å²) in [6.45, 7) is 12.3. The Hall–Kier alpha value is -3.39. The number of hydrogen-bond donors (Lipinski definition) is 2. The number of thioether (sulfide) groups is 1. The lowest BCUT2D eigenvalue weighted by molar-refractivity contribution is -0.113. The number of allylic oxidation sites excluding steroid dienone is 1. The highest BCUT2D eigenvalue weighted by Gasteiger charge is 2.26. The number of hydrogen-bond acceptors (Lipinski definition) is 5. The molecule has 1 aromatic heterocycles. The number of aryl methyl sites for hydroxylation is 2. The third-order valence-corrected chi connectivity index (χ3v) is 6.32. The molecule has 0 unspecified atom stereocenters. The molecule has 0 aliphatic heterocycles. The molecule has 3 rings (SSSR count). The van der Waals surface area contributed by atoms with Crippen LogP contribution in [0.25, 0.3) is 0 Å². The molecule has 1 atom stereocenters. The molecule has 34 heavy (non-hydrogen) atoms. The minimum Gasteiger partial charge on any atom is -0.342 e. The summed E-state index contributed by atoms with van der Waals surface area (Å²) in [6, 6.07) is 14.7. The summed E-state index contributed by atoms with van der Waals surface area (Å²) in [5, 5.41) is 15.3. The van der Waals surface area contributed by atoms with Gasteiger partial charge in [0.25, 0.3) is 5.91 Å². The van der Waals surface area contributed by atoms with Crippen LogP contribution in [0.3, 0.4) is 0 Å². The number of carbonyl (C=O) groups excluding carboxylic acids is 2. The first-order valence-corrected chi connectivity index (χ1v) is 12.2. The molecule has 2 aromatic carbocycles. The highest BCUT2D eigenvalue weighted by molar-refractivity contribution is 7.99. The predicted octanol–water partition coefficient (Wildman–Crippen LogP) is 4.94. The Morgan fingerprint density at radius 2 is 1.79 bits per heavy atom. The third kappa shape index (κ3) is 6.35. The van der Waals surface area contributed by atoms with E-state index in [-0.39, 0.29) is 29.5 Å². The van der Waals surface area contributed by atoms with Crippen LogP contribution >= 0.6 is 11.8 Å². The number of rotatable bonds is 10. The fraction of sp³-hybridized carbons (Fsp3) is 0.308. The molecule has 2 N–H and O–H groups in total. The van der Waals surface area contributed by atoms with E-state index >= 15 is 0 Å². The fourth-order valence-electron chi connectivity index (χ4n) is 3.43. The van der Waals surface area contributed by atoms with Crippen LogP contribution in [-0.2, 0) is 11.3 Å². The highest BCUT2D eigenvalue weighted by Crippen LogP contribution is 2.26. The van der Waals surface area contributed by atoms with Gasteiger partial charge in [0.15, 0.2) is 11.0 Å². The van der Waals surface area contributed by atoms with Gasteiger partial charge in [-0.2, -0.15) is 0 Å². The molecule has 0 saturated heterocycles. The molecule has 0 fully saturated rings. The average Bonchev–Trinajstić information content (AvgIpc) is 3.20. The topological polar surface area (TPSA) is 88.9 Å². The van der Waals surface area contributed by atoms with Crippen molar-refractivity contribution in [1.29, 1.82) is 0 Å². The second-order valence-electron chi connectivity index (χ2n) is 8.45. The molecule has 0 bridgehead atoms. The van der Waals surface area contributed by atoms with Crippen molar-refractivity contribution in [3.8, 4) is 0 Å². The number of anilines is 1. The minimum atomic E-state index is -0.351. The number of aromatic nitrogens is 3. The number of carbonyl (C=O) groups is 2. The lowest BCUT2D eigenvalue weighted by atomic mass is 10.0. The van der Waals surface area contributed by atoms with Crippen LogP contribution in [0.4, 0.5) is 5.69 Å². The maximum atomic E-state index is 12.9. The zero-order valence-corrected chi connectivity index (χ0v) is 20.9. The minimum absolute atomic E-state index is 0.0735. The maximum absolute atomic E-state index is 12.9. The van der Waals surface area contributed by atoms with E-state index in [2.05, 4.69) is 27.4 Å². The van der Waals surface area contributed by atoms with Crippen molar-refractivity contribution < 1.29 is 9.59 Å². The van der Waals surface area contributed by atoms with Crippen LogP contribution in [-0.4, -0.2) is 32.3 Å². The standard InChI is InChI=1S/C26H31N5O2S/c1-6-15-31-24(23(17(2)3)28-25(33)20-13-11-18(4)12-14-20)29-30-26(31)34-16-22(32)27-21-10-8-7-9-19(21)5/h6-14,17,23H,1,15-16H2,2-5H3,(H,27,32)(H,28,33)/t23-/m0/s1. The van der Waals surface area contributed by atoms with Crippen molar-refractivity contribution in [3.63, 3.8) is 0 Å². The van der Waals surface area contributed by atoms with Gasteiger partial charge in [-0.25, -0.2) is 0 Å². The number of amides is 2. The van der Waals surface area contributed by atoms with Gasteiger partial charge in [-0.15, -0.1) is 16.8 Å². The van der Waals surface area contributed by atoms with Crippen LogP contribution in [0.15, 0.2) is 66.3 Å². The summed E-state index contributed by atoms with van der Waals surface area (Å²) in [6.07, 6.45) is 1.75. The first-order chi connectivity index (χ1) is 16.3. The number of para-hydroxylation sites is 1.